The maximum atomic E-state index is 15.5. The first-order valence-corrected chi connectivity index (χ1v) is 13.3. The SMILES string of the molecule is Cc1ccnc(Oc2ccc(-c3cc4c(cc3F)ncc3nc(C)n(C5CCN(C(=O)CO)CC5)c34)c(C)c2)n1. The summed E-state index contributed by atoms with van der Waals surface area (Å²) in [7, 11) is 0. The number of carbonyl (C=O) groups is 1. The first kappa shape index (κ1) is 25.8. The van der Waals surface area contributed by atoms with Crippen molar-refractivity contribution in [3.8, 4) is 22.9 Å². The summed E-state index contributed by atoms with van der Waals surface area (Å²) in [5, 5.41) is 10.1. The Kier molecular flexibility index (Phi) is 6.63. The Morgan fingerprint density at radius 3 is 2.55 bits per heavy atom. The number of halogens is 1. The molecule has 1 amide bonds. The van der Waals surface area contributed by atoms with E-state index in [1.54, 1.807) is 29.4 Å². The van der Waals surface area contributed by atoms with Crippen molar-refractivity contribution in [3.63, 3.8) is 0 Å². The van der Waals surface area contributed by atoms with Gasteiger partial charge in [0, 0.05) is 48.0 Å². The van der Waals surface area contributed by atoms with Crippen LogP contribution >= 0.6 is 0 Å². The van der Waals surface area contributed by atoms with E-state index in [1.165, 1.54) is 6.07 Å². The quantitative estimate of drug-likeness (QED) is 0.332. The van der Waals surface area contributed by atoms with Gasteiger partial charge in [0.25, 0.3) is 0 Å². The minimum Gasteiger partial charge on any atom is -0.424 e. The summed E-state index contributed by atoms with van der Waals surface area (Å²) < 4.78 is 23.5. The highest BCUT2D eigenvalue weighted by atomic mass is 19.1. The summed E-state index contributed by atoms with van der Waals surface area (Å²) >= 11 is 0. The number of carbonyl (C=O) groups excluding carboxylic acids is 1. The second kappa shape index (κ2) is 10.3. The van der Waals surface area contributed by atoms with Crippen LogP contribution in [0.15, 0.2) is 48.8 Å². The Hall–Kier alpha value is -4.44. The molecule has 9 nitrogen and oxygen atoms in total. The molecule has 0 bridgehead atoms. The number of aromatic nitrogens is 5. The number of hydrogen-bond acceptors (Lipinski definition) is 7. The molecule has 3 aromatic heterocycles. The largest absolute Gasteiger partial charge is 0.424 e. The molecule has 204 valence electrons. The molecular weight excluding hydrogens is 511 g/mol. The van der Waals surface area contributed by atoms with Gasteiger partial charge < -0.3 is 19.3 Å². The number of rotatable bonds is 5. The lowest BCUT2D eigenvalue weighted by molar-refractivity contribution is -0.135. The third kappa shape index (κ3) is 4.64. The van der Waals surface area contributed by atoms with Gasteiger partial charge in [-0.2, -0.15) is 0 Å². The molecule has 0 aliphatic carbocycles. The highest BCUT2D eigenvalue weighted by Gasteiger charge is 2.27. The van der Waals surface area contributed by atoms with E-state index in [0.29, 0.717) is 29.9 Å². The molecule has 0 saturated carbocycles. The lowest BCUT2D eigenvalue weighted by atomic mass is 9.97. The van der Waals surface area contributed by atoms with Crippen molar-refractivity contribution in [3.05, 3.63) is 71.7 Å². The summed E-state index contributed by atoms with van der Waals surface area (Å²) in [5.74, 6) is 0.797. The fourth-order valence-electron chi connectivity index (χ4n) is 5.62. The molecule has 10 heteroatoms. The molecule has 0 atom stereocenters. The standard InChI is InChI=1S/C30H29FN6O3/c1-17-12-21(40-30-32-9-6-18(2)34-30)4-5-22(17)23-13-24-26(14-25(23)31)33-15-27-29(24)37(19(3)35-27)20-7-10-36(11-8-20)28(39)16-38/h4-6,9,12-15,20,38H,7-8,10-11,16H2,1-3H3. The molecule has 6 rings (SSSR count). The second-order valence-corrected chi connectivity index (χ2v) is 10.2. The third-order valence-electron chi connectivity index (χ3n) is 7.57. The van der Waals surface area contributed by atoms with Crippen LogP contribution in [0.4, 0.5) is 4.39 Å². The van der Waals surface area contributed by atoms with Crippen LogP contribution in [0.25, 0.3) is 33.1 Å². The number of aliphatic hydroxyl groups excluding tert-OH is 1. The normalized spacial score (nSPS) is 14.3. The van der Waals surface area contributed by atoms with Crippen LogP contribution < -0.4 is 4.74 Å². The Morgan fingerprint density at radius 1 is 1.02 bits per heavy atom. The van der Waals surface area contributed by atoms with E-state index in [1.807, 2.05) is 39.0 Å². The Labute approximate surface area is 230 Å². The van der Waals surface area contributed by atoms with Gasteiger partial charge in [-0.1, -0.05) is 6.07 Å². The van der Waals surface area contributed by atoms with E-state index >= 15 is 4.39 Å². The van der Waals surface area contributed by atoms with Crippen LogP contribution in [0.5, 0.6) is 11.8 Å². The number of amides is 1. The van der Waals surface area contributed by atoms with E-state index in [0.717, 1.165) is 51.9 Å². The number of benzene rings is 2. The number of piperidine rings is 1. The van der Waals surface area contributed by atoms with Crippen LogP contribution in [-0.4, -0.2) is 60.1 Å². The van der Waals surface area contributed by atoms with Crippen LogP contribution in [0.3, 0.4) is 0 Å². The average Bonchev–Trinajstić information content (AvgIpc) is 3.29. The molecule has 0 spiro atoms. The van der Waals surface area contributed by atoms with Gasteiger partial charge in [-0.05, 0) is 69.0 Å². The third-order valence-corrected chi connectivity index (χ3v) is 7.57. The maximum Gasteiger partial charge on any atom is 0.322 e. The van der Waals surface area contributed by atoms with Gasteiger partial charge in [-0.25, -0.2) is 19.3 Å². The number of imidazole rings is 1. The number of hydrogen-bond donors (Lipinski definition) is 1. The summed E-state index contributed by atoms with van der Waals surface area (Å²) in [4.78, 5) is 31.4. The molecule has 0 unspecified atom stereocenters. The van der Waals surface area contributed by atoms with E-state index in [9.17, 15) is 9.90 Å². The van der Waals surface area contributed by atoms with Crippen LogP contribution in [0.1, 0.15) is 36.0 Å². The number of ether oxygens (including phenoxy) is 1. The van der Waals surface area contributed by atoms with Gasteiger partial charge in [0.1, 0.15) is 29.5 Å². The number of likely N-dealkylation sites (tertiary alicyclic amines) is 1. The minimum absolute atomic E-state index is 0.119. The topological polar surface area (TPSA) is 106 Å². The molecule has 1 N–H and O–H groups in total. The van der Waals surface area contributed by atoms with E-state index in [2.05, 4.69) is 19.5 Å². The lowest BCUT2D eigenvalue weighted by Crippen LogP contribution is -2.40. The molecule has 1 aliphatic heterocycles. The summed E-state index contributed by atoms with van der Waals surface area (Å²) in [5.41, 5.74) is 5.06. The van der Waals surface area contributed by atoms with Crippen LogP contribution in [0, 0.1) is 26.6 Å². The molecule has 5 aromatic rings. The van der Waals surface area contributed by atoms with Crippen molar-refractivity contribution in [1.82, 2.24) is 29.4 Å². The number of nitrogens with zero attached hydrogens (tertiary/aromatic N) is 6. The maximum absolute atomic E-state index is 15.5. The van der Waals surface area contributed by atoms with Gasteiger partial charge in [0.2, 0.25) is 5.91 Å². The van der Waals surface area contributed by atoms with Crippen molar-refractivity contribution >= 4 is 27.8 Å². The molecule has 1 aliphatic rings. The van der Waals surface area contributed by atoms with Gasteiger partial charge in [-0.3, -0.25) is 9.78 Å². The van der Waals surface area contributed by atoms with Gasteiger partial charge in [-0.15, -0.1) is 0 Å². The predicted molar refractivity (Wildman–Crippen MR) is 149 cm³/mol. The summed E-state index contributed by atoms with van der Waals surface area (Å²) in [6.07, 6.45) is 4.81. The lowest BCUT2D eigenvalue weighted by Gasteiger charge is -2.33. The fourth-order valence-corrected chi connectivity index (χ4v) is 5.62. The smallest absolute Gasteiger partial charge is 0.322 e. The zero-order valence-corrected chi connectivity index (χ0v) is 22.6. The zero-order chi connectivity index (χ0) is 28.0. The Bertz CT molecular complexity index is 1760. The van der Waals surface area contributed by atoms with Crippen molar-refractivity contribution < 1.29 is 19.0 Å². The molecule has 1 saturated heterocycles. The second-order valence-electron chi connectivity index (χ2n) is 10.2. The van der Waals surface area contributed by atoms with Gasteiger partial charge in [0.15, 0.2) is 0 Å². The highest BCUT2D eigenvalue weighted by Crippen LogP contribution is 2.37. The molecular formula is C30H29FN6O3. The minimum atomic E-state index is -0.478. The summed E-state index contributed by atoms with van der Waals surface area (Å²) in [6, 6.07) is 11.0. The monoisotopic (exact) mass is 540 g/mol. The molecule has 0 radical (unpaired) electrons. The predicted octanol–water partition coefficient (Wildman–Crippen LogP) is 5.05. The van der Waals surface area contributed by atoms with Gasteiger partial charge in [0.05, 0.1) is 17.2 Å². The number of pyridine rings is 1. The Balaban J connectivity index is 1.40. The average molecular weight is 541 g/mol. The van der Waals surface area contributed by atoms with Gasteiger partial charge >= 0.3 is 6.01 Å². The number of aryl methyl sites for hydroxylation is 3. The van der Waals surface area contributed by atoms with E-state index < -0.39 is 6.61 Å². The Morgan fingerprint density at radius 2 is 1.82 bits per heavy atom. The number of aliphatic hydroxyl groups is 1. The summed E-state index contributed by atoms with van der Waals surface area (Å²) in [6.45, 7) is 6.39. The van der Waals surface area contributed by atoms with Crippen LogP contribution in [0.2, 0.25) is 0 Å². The molecule has 1 fully saturated rings. The molecule has 4 heterocycles. The first-order chi connectivity index (χ1) is 19.3. The zero-order valence-electron chi connectivity index (χ0n) is 22.6. The van der Waals surface area contributed by atoms with E-state index in [4.69, 9.17) is 9.72 Å². The highest BCUT2D eigenvalue weighted by molar-refractivity contribution is 6.04. The van der Waals surface area contributed by atoms with Crippen LogP contribution in [-0.2, 0) is 4.79 Å². The van der Waals surface area contributed by atoms with Crippen molar-refractivity contribution in [1.29, 1.82) is 0 Å². The van der Waals surface area contributed by atoms with Crippen molar-refractivity contribution in [2.45, 2.75) is 39.7 Å². The van der Waals surface area contributed by atoms with Crippen molar-refractivity contribution in [2.75, 3.05) is 19.7 Å². The molecule has 40 heavy (non-hydrogen) atoms. The first-order valence-electron chi connectivity index (χ1n) is 13.3. The van der Waals surface area contributed by atoms with Crippen molar-refractivity contribution in [2.24, 2.45) is 0 Å². The van der Waals surface area contributed by atoms with E-state index in [-0.39, 0.29) is 23.8 Å². The molecule has 2 aromatic carbocycles. The fraction of sp³-hybridized carbons (Fsp3) is 0.300. The number of fused-ring (bicyclic) bond motifs is 3.